The molecule has 0 saturated carbocycles. The standard InChI is InChI=1S/C13H10BO3/c1-9-6-12(15-7-9)10-4-2-3-5-11(10)13-8-16-14-17-13/h2-8H,1H3. The number of benzene rings is 1. The van der Waals surface area contributed by atoms with Crippen molar-refractivity contribution >= 4 is 13.4 Å². The van der Waals surface area contributed by atoms with Crippen LogP contribution >= 0.6 is 0 Å². The maximum atomic E-state index is 5.52. The molecule has 0 unspecified atom stereocenters. The van der Waals surface area contributed by atoms with Crippen LogP contribution in [-0.4, -0.2) is 7.69 Å². The fourth-order valence-corrected chi connectivity index (χ4v) is 1.81. The highest BCUT2D eigenvalue weighted by molar-refractivity contribution is 6.22. The maximum absolute atomic E-state index is 5.52. The van der Waals surface area contributed by atoms with Crippen molar-refractivity contribution in [2.75, 3.05) is 0 Å². The number of hydrogen-bond acceptors (Lipinski definition) is 3. The van der Waals surface area contributed by atoms with Crippen LogP contribution in [0.4, 0.5) is 0 Å². The normalized spacial score (nSPS) is 13.6. The van der Waals surface area contributed by atoms with Crippen LogP contribution in [0.5, 0.6) is 0 Å². The topological polar surface area (TPSA) is 31.6 Å². The van der Waals surface area contributed by atoms with Gasteiger partial charge in [-0.1, -0.05) is 24.3 Å². The number of furan rings is 1. The monoisotopic (exact) mass is 225 g/mol. The average Bonchev–Trinajstić information content (AvgIpc) is 3.00. The second kappa shape index (κ2) is 4.05. The van der Waals surface area contributed by atoms with Gasteiger partial charge >= 0.3 is 7.69 Å². The van der Waals surface area contributed by atoms with Gasteiger partial charge in [0.2, 0.25) is 0 Å². The summed E-state index contributed by atoms with van der Waals surface area (Å²) in [4.78, 5) is 0. The summed E-state index contributed by atoms with van der Waals surface area (Å²) < 4.78 is 15.8. The molecule has 0 fully saturated rings. The Hall–Kier alpha value is -2.10. The molecule has 0 amide bonds. The summed E-state index contributed by atoms with van der Waals surface area (Å²) in [6, 6.07) is 9.89. The summed E-state index contributed by atoms with van der Waals surface area (Å²) in [5.74, 6) is 1.52. The summed E-state index contributed by atoms with van der Waals surface area (Å²) in [5.41, 5.74) is 3.04. The third kappa shape index (κ3) is 1.82. The van der Waals surface area contributed by atoms with Crippen LogP contribution < -0.4 is 0 Å². The van der Waals surface area contributed by atoms with E-state index in [1.165, 1.54) is 7.69 Å². The Kier molecular flexibility index (Phi) is 2.40. The Morgan fingerprint density at radius 3 is 2.59 bits per heavy atom. The van der Waals surface area contributed by atoms with E-state index >= 15 is 0 Å². The first-order valence-corrected chi connectivity index (χ1v) is 5.33. The molecule has 17 heavy (non-hydrogen) atoms. The zero-order valence-corrected chi connectivity index (χ0v) is 9.34. The molecule has 1 aromatic heterocycles. The Balaban J connectivity index is 2.10. The van der Waals surface area contributed by atoms with E-state index in [1.54, 1.807) is 12.5 Å². The molecule has 0 spiro atoms. The van der Waals surface area contributed by atoms with Gasteiger partial charge in [-0.05, 0) is 18.6 Å². The molecule has 1 aromatic carbocycles. The first kappa shape index (κ1) is 10.1. The Morgan fingerprint density at radius 1 is 1.12 bits per heavy atom. The third-order valence-corrected chi connectivity index (χ3v) is 2.59. The maximum Gasteiger partial charge on any atom is 0.657 e. The van der Waals surface area contributed by atoms with Crippen molar-refractivity contribution in [3.63, 3.8) is 0 Å². The third-order valence-electron chi connectivity index (χ3n) is 2.59. The first-order valence-electron chi connectivity index (χ1n) is 5.33. The van der Waals surface area contributed by atoms with E-state index < -0.39 is 0 Å². The Bertz CT molecular complexity index is 572. The quantitative estimate of drug-likeness (QED) is 0.735. The van der Waals surface area contributed by atoms with Gasteiger partial charge < -0.3 is 13.7 Å². The lowest BCUT2D eigenvalue weighted by molar-refractivity contribution is 0.454. The molecule has 0 bridgehead atoms. The molecule has 0 atom stereocenters. The summed E-state index contributed by atoms with van der Waals surface area (Å²) in [6.07, 6.45) is 3.31. The molecule has 83 valence electrons. The smallest absolute Gasteiger partial charge is 0.529 e. The van der Waals surface area contributed by atoms with Gasteiger partial charge in [-0.15, -0.1) is 0 Å². The molecule has 2 heterocycles. The summed E-state index contributed by atoms with van der Waals surface area (Å²) in [6.45, 7) is 2.00. The first-order chi connectivity index (χ1) is 8.34. The molecule has 0 N–H and O–H groups in total. The predicted octanol–water partition coefficient (Wildman–Crippen LogP) is 3.13. The van der Waals surface area contributed by atoms with E-state index in [9.17, 15) is 0 Å². The fourth-order valence-electron chi connectivity index (χ4n) is 1.81. The van der Waals surface area contributed by atoms with E-state index in [1.807, 2.05) is 37.3 Å². The molecule has 4 heteroatoms. The molecule has 1 radical (unpaired) electrons. The van der Waals surface area contributed by atoms with Crippen molar-refractivity contribution < 1.29 is 13.7 Å². The van der Waals surface area contributed by atoms with Crippen molar-refractivity contribution in [1.29, 1.82) is 0 Å². The molecule has 2 aromatic rings. The van der Waals surface area contributed by atoms with Gasteiger partial charge in [-0.2, -0.15) is 0 Å². The lowest BCUT2D eigenvalue weighted by Crippen LogP contribution is -1.92. The molecule has 0 saturated heterocycles. The SMILES string of the molecule is Cc1coc(-c2ccccc2C2=CO[B]O2)c1. The van der Waals surface area contributed by atoms with Crippen LogP contribution in [0, 0.1) is 6.92 Å². The van der Waals surface area contributed by atoms with Crippen LogP contribution in [0.2, 0.25) is 0 Å². The summed E-state index contributed by atoms with van der Waals surface area (Å²) >= 11 is 0. The number of hydrogen-bond donors (Lipinski definition) is 0. The van der Waals surface area contributed by atoms with E-state index in [2.05, 4.69) is 0 Å². The van der Waals surface area contributed by atoms with Gasteiger partial charge in [0.25, 0.3) is 0 Å². The van der Waals surface area contributed by atoms with Gasteiger partial charge in [-0.3, -0.25) is 0 Å². The second-order valence-electron chi connectivity index (χ2n) is 3.87. The van der Waals surface area contributed by atoms with Gasteiger partial charge in [0.1, 0.15) is 17.8 Å². The second-order valence-corrected chi connectivity index (χ2v) is 3.87. The van der Waals surface area contributed by atoms with E-state index in [4.69, 9.17) is 13.7 Å². The fraction of sp³-hybridized carbons (Fsp3) is 0.0769. The van der Waals surface area contributed by atoms with Crippen LogP contribution in [0.15, 0.2) is 47.3 Å². The van der Waals surface area contributed by atoms with Gasteiger partial charge in [0.05, 0.1) is 6.26 Å². The lowest BCUT2D eigenvalue weighted by atomic mass is 10.0. The van der Waals surface area contributed by atoms with Crippen molar-refractivity contribution in [1.82, 2.24) is 0 Å². The lowest BCUT2D eigenvalue weighted by Gasteiger charge is -2.06. The summed E-state index contributed by atoms with van der Waals surface area (Å²) in [7, 11) is 1.31. The van der Waals surface area contributed by atoms with E-state index in [0.29, 0.717) is 5.76 Å². The van der Waals surface area contributed by atoms with Gasteiger partial charge in [0, 0.05) is 11.1 Å². The molecular weight excluding hydrogens is 215 g/mol. The van der Waals surface area contributed by atoms with Crippen molar-refractivity contribution in [3.8, 4) is 11.3 Å². The minimum absolute atomic E-state index is 0.689. The zero-order chi connectivity index (χ0) is 11.7. The molecular formula is C13H10BO3. The highest BCUT2D eigenvalue weighted by Crippen LogP contribution is 2.31. The van der Waals surface area contributed by atoms with Crippen molar-refractivity contribution in [2.45, 2.75) is 6.92 Å². The Labute approximate surface area is 100.0 Å². The van der Waals surface area contributed by atoms with Gasteiger partial charge in [0.15, 0.2) is 0 Å². The van der Waals surface area contributed by atoms with Crippen LogP contribution in [0.25, 0.3) is 17.1 Å². The molecule has 3 rings (SSSR count). The zero-order valence-electron chi connectivity index (χ0n) is 9.34. The van der Waals surface area contributed by atoms with E-state index in [-0.39, 0.29) is 0 Å². The Morgan fingerprint density at radius 2 is 1.94 bits per heavy atom. The minimum Gasteiger partial charge on any atom is -0.529 e. The molecule has 1 aliphatic rings. The predicted molar refractivity (Wildman–Crippen MR) is 64.8 cm³/mol. The minimum atomic E-state index is 0.689. The van der Waals surface area contributed by atoms with Crippen molar-refractivity contribution in [3.05, 3.63) is 54.0 Å². The average molecular weight is 225 g/mol. The number of aryl methyl sites for hydroxylation is 1. The van der Waals surface area contributed by atoms with Gasteiger partial charge in [-0.25, -0.2) is 0 Å². The largest absolute Gasteiger partial charge is 0.657 e. The summed E-state index contributed by atoms with van der Waals surface area (Å²) in [5, 5.41) is 0. The van der Waals surface area contributed by atoms with Crippen molar-refractivity contribution in [2.24, 2.45) is 0 Å². The van der Waals surface area contributed by atoms with Crippen LogP contribution in [0.3, 0.4) is 0 Å². The highest BCUT2D eigenvalue weighted by Gasteiger charge is 2.17. The van der Waals surface area contributed by atoms with Crippen LogP contribution in [-0.2, 0) is 9.31 Å². The van der Waals surface area contributed by atoms with Crippen LogP contribution in [0.1, 0.15) is 11.1 Å². The van der Waals surface area contributed by atoms with E-state index in [0.717, 1.165) is 22.5 Å². The number of rotatable bonds is 2. The highest BCUT2D eigenvalue weighted by atomic mass is 16.6. The molecule has 3 nitrogen and oxygen atoms in total. The molecule has 0 aliphatic carbocycles. The molecule has 1 aliphatic heterocycles.